The summed E-state index contributed by atoms with van der Waals surface area (Å²) >= 11 is 11.2. The van der Waals surface area contributed by atoms with Gasteiger partial charge in [-0.25, -0.2) is 4.98 Å². The topological polar surface area (TPSA) is 36.7 Å². The summed E-state index contributed by atoms with van der Waals surface area (Å²) in [5.74, 6) is 4.79. The number of pyridine rings is 1. The van der Waals surface area contributed by atoms with E-state index in [9.17, 15) is 0 Å². The van der Waals surface area contributed by atoms with E-state index in [0.717, 1.165) is 0 Å². The van der Waals surface area contributed by atoms with Crippen molar-refractivity contribution in [1.82, 2.24) is 4.98 Å². The average Bonchev–Trinajstić information content (AvgIpc) is 1.99. The minimum Gasteiger partial charge on any atom is -0.224 e. The molecule has 0 saturated heterocycles. The van der Waals surface area contributed by atoms with E-state index < -0.39 is 0 Å². The van der Waals surface area contributed by atoms with Gasteiger partial charge in [-0.2, -0.15) is 5.26 Å². The van der Waals surface area contributed by atoms with Crippen LogP contribution in [0, 0.1) is 23.2 Å². The predicted molar refractivity (Wildman–Crippen MR) is 46.7 cm³/mol. The molecule has 12 heavy (non-hydrogen) atoms. The zero-order valence-electron chi connectivity index (χ0n) is 5.81. The Morgan fingerprint density at radius 2 is 1.83 bits per heavy atom. The van der Waals surface area contributed by atoms with Crippen LogP contribution in [-0.4, -0.2) is 4.98 Å². The summed E-state index contributed by atoms with van der Waals surface area (Å²) in [4.78, 5) is 3.72. The molecule has 1 aromatic rings. The Hall–Kier alpha value is -1.22. The highest BCUT2D eigenvalue weighted by Crippen LogP contribution is 2.13. The fraction of sp³-hybridized carbons (Fsp3) is 0. The van der Waals surface area contributed by atoms with Crippen molar-refractivity contribution in [3.8, 4) is 17.9 Å². The first kappa shape index (κ1) is 8.87. The van der Waals surface area contributed by atoms with Crippen molar-refractivity contribution in [2.45, 2.75) is 0 Å². The lowest BCUT2D eigenvalue weighted by Gasteiger charge is -1.92. The van der Waals surface area contributed by atoms with E-state index >= 15 is 0 Å². The zero-order valence-corrected chi connectivity index (χ0v) is 7.32. The van der Waals surface area contributed by atoms with E-state index in [0.29, 0.717) is 5.56 Å². The molecular formula is C8H2Cl2N2. The Bertz CT molecular complexity index is 375. The first-order valence-corrected chi connectivity index (χ1v) is 3.71. The molecular weight excluding hydrogens is 195 g/mol. The Morgan fingerprint density at radius 1 is 1.25 bits per heavy atom. The van der Waals surface area contributed by atoms with Gasteiger partial charge in [0.25, 0.3) is 0 Å². The zero-order chi connectivity index (χ0) is 8.97. The van der Waals surface area contributed by atoms with Gasteiger partial charge < -0.3 is 0 Å². The van der Waals surface area contributed by atoms with Crippen LogP contribution in [0.2, 0.25) is 10.3 Å². The summed E-state index contributed by atoms with van der Waals surface area (Å²) in [6, 6.07) is 4.77. The molecule has 0 atom stereocenters. The molecule has 2 nitrogen and oxygen atoms in total. The van der Waals surface area contributed by atoms with Gasteiger partial charge in [0, 0.05) is 11.5 Å². The maximum absolute atomic E-state index is 8.16. The van der Waals surface area contributed by atoms with Crippen LogP contribution in [0.3, 0.4) is 0 Å². The third-order valence-electron chi connectivity index (χ3n) is 1.03. The van der Waals surface area contributed by atoms with Crippen molar-refractivity contribution in [3.63, 3.8) is 0 Å². The van der Waals surface area contributed by atoms with Crippen LogP contribution in [0.15, 0.2) is 12.1 Å². The van der Waals surface area contributed by atoms with Gasteiger partial charge in [0.1, 0.15) is 10.3 Å². The Labute approximate surface area is 79.7 Å². The molecule has 0 bridgehead atoms. The van der Waals surface area contributed by atoms with E-state index in [1.807, 2.05) is 0 Å². The summed E-state index contributed by atoms with van der Waals surface area (Å²) in [7, 11) is 0. The minimum absolute atomic E-state index is 0.268. The first-order valence-electron chi connectivity index (χ1n) is 2.95. The maximum Gasteiger partial charge on any atom is 0.152 e. The van der Waals surface area contributed by atoms with Crippen LogP contribution in [0.25, 0.3) is 0 Å². The van der Waals surface area contributed by atoms with E-state index in [2.05, 4.69) is 16.8 Å². The molecule has 1 aromatic heterocycles. The molecule has 0 fully saturated rings. The fourth-order valence-corrected chi connectivity index (χ4v) is 1.10. The summed E-state index contributed by atoms with van der Waals surface area (Å²) in [5.41, 5.74) is 0.585. The lowest BCUT2D eigenvalue weighted by Crippen LogP contribution is -1.80. The fourth-order valence-electron chi connectivity index (χ4n) is 0.637. The van der Waals surface area contributed by atoms with E-state index in [-0.39, 0.29) is 10.3 Å². The van der Waals surface area contributed by atoms with Gasteiger partial charge in [-0.05, 0) is 12.1 Å². The van der Waals surface area contributed by atoms with E-state index in [1.165, 1.54) is 12.1 Å². The molecule has 1 heterocycles. The predicted octanol–water partition coefficient (Wildman–Crippen LogP) is 2.26. The third-order valence-corrected chi connectivity index (χ3v) is 1.41. The number of hydrogen-bond acceptors (Lipinski definition) is 2. The molecule has 0 spiro atoms. The van der Waals surface area contributed by atoms with Gasteiger partial charge >= 0.3 is 0 Å². The van der Waals surface area contributed by atoms with Crippen LogP contribution >= 0.6 is 23.2 Å². The smallest absolute Gasteiger partial charge is 0.152 e. The van der Waals surface area contributed by atoms with Gasteiger partial charge in [0.15, 0.2) is 6.07 Å². The minimum atomic E-state index is 0.268. The van der Waals surface area contributed by atoms with Gasteiger partial charge in [-0.3, -0.25) is 0 Å². The molecule has 0 unspecified atom stereocenters. The standard InChI is InChI=1S/C8H2Cl2N2/c9-7-4-6(2-1-3-11)5-8(10)12-7/h4-5H. The second kappa shape index (κ2) is 3.97. The first-order chi connectivity index (χ1) is 5.72. The van der Waals surface area contributed by atoms with Crippen LogP contribution in [0.5, 0.6) is 0 Å². The lowest BCUT2D eigenvalue weighted by atomic mass is 10.3. The number of nitrogens with zero attached hydrogens (tertiary/aromatic N) is 2. The highest BCUT2D eigenvalue weighted by molar-refractivity contribution is 6.32. The molecule has 0 radical (unpaired) electrons. The van der Waals surface area contributed by atoms with Crippen LogP contribution in [-0.2, 0) is 0 Å². The van der Waals surface area contributed by atoms with Crippen molar-refractivity contribution < 1.29 is 0 Å². The van der Waals surface area contributed by atoms with Crippen molar-refractivity contribution in [1.29, 1.82) is 5.26 Å². The summed E-state index contributed by atoms with van der Waals surface area (Å²) in [6.45, 7) is 0. The van der Waals surface area contributed by atoms with Crippen LogP contribution < -0.4 is 0 Å². The van der Waals surface area contributed by atoms with Crippen molar-refractivity contribution in [3.05, 3.63) is 28.0 Å². The molecule has 0 aliphatic rings. The van der Waals surface area contributed by atoms with Crippen LogP contribution in [0.1, 0.15) is 5.56 Å². The van der Waals surface area contributed by atoms with E-state index in [1.54, 1.807) is 6.07 Å². The molecule has 0 aliphatic carbocycles. The van der Waals surface area contributed by atoms with Gasteiger partial charge in [-0.15, -0.1) is 0 Å². The van der Waals surface area contributed by atoms with Crippen molar-refractivity contribution >= 4 is 23.2 Å². The van der Waals surface area contributed by atoms with Crippen molar-refractivity contribution in [2.24, 2.45) is 0 Å². The normalized spacial score (nSPS) is 8.08. The van der Waals surface area contributed by atoms with Crippen LogP contribution in [0.4, 0.5) is 0 Å². The number of aromatic nitrogens is 1. The highest BCUT2D eigenvalue weighted by atomic mass is 35.5. The lowest BCUT2D eigenvalue weighted by molar-refractivity contribution is 1.32. The number of nitriles is 1. The Morgan fingerprint density at radius 3 is 2.33 bits per heavy atom. The largest absolute Gasteiger partial charge is 0.224 e. The molecule has 0 amide bonds. The van der Waals surface area contributed by atoms with Gasteiger partial charge in [-0.1, -0.05) is 29.1 Å². The average molecular weight is 197 g/mol. The SMILES string of the molecule is N#CC#Cc1cc(Cl)nc(Cl)c1. The highest BCUT2D eigenvalue weighted by Gasteiger charge is 1.95. The van der Waals surface area contributed by atoms with Crippen molar-refractivity contribution in [2.75, 3.05) is 0 Å². The number of rotatable bonds is 0. The maximum atomic E-state index is 8.16. The molecule has 58 valence electrons. The quantitative estimate of drug-likeness (QED) is 0.472. The van der Waals surface area contributed by atoms with Gasteiger partial charge in [0.05, 0.1) is 0 Å². The van der Waals surface area contributed by atoms with E-state index in [4.69, 9.17) is 28.5 Å². The second-order valence-electron chi connectivity index (χ2n) is 1.86. The Kier molecular flexibility index (Phi) is 2.94. The molecule has 4 heteroatoms. The molecule has 1 rings (SSSR count). The third kappa shape index (κ3) is 2.43. The van der Waals surface area contributed by atoms with Gasteiger partial charge in [0.2, 0.25) is 0 Å². The Balaban J connectivity index is 3.11. The molecule has 0 aromatic carbocycles. The summed E-state index contributed by atoms with van der Waals surface area (Å²) < 4.78 is 0. The summed E-state index contributed by atoms with van der Waals surface area (Å²) in [5, 5.41) is 8.70. The molecule has 0 N–H and O–H groups in total. The molecule has 0 saturated carbocycles. The monoisotopic (exact) mass is 196 g/mol. The molecule has 0 aliphatic heterocycles. The second-order valence-corrected chi connectivity index (χ2v) is 2.64. The number of halogens is 2. The summed E-state index contributed by atoms with van der Waals surface area (Å²) in [6.07, 6.45) is 0. The number of hydrogen-bond donors (Lipinski definition) is 0.